The van der Waals surface area contributed by atoms with Gasteiger partial charge in [-0.15, -0.1) is 11.3 Å². The van der Waals surface area contributed by atoms with Crippen LogP contribution in [0.1, 0.15) is 33.3 Å². The van der Waals surface area contributed by atoms with Gasteiger partial charge in [-0.2, -0.15) is 0 Å². The van der Waals surface area contributed by atoms with Gasteiger partial charge < -0.3 is 16.2 Å². The molecule has 0 radical (unpaired) electrons. The number of rotatable bonds is 4. The zero-order valence-corrected chi connectivity index (χ0v) is 11.8. The van der Waals surface area contributed by atoms with E-state index < -0.39 is 17.8 Å². The summed E-state index contributed by atoms with van der Waals surface area (Å²) in [6, 6.07) is 6.80. The number of amides is 1. The van der Waals surface area contributed by atoms with Gasteiger partial charge in [0.05, 0.1) is 5.69 Å². The minimum atomic E-state index is -0.832. The maximum absolute atomic E-state index is 11.2. The molecule has 3 rings (SSSR count). The van der Waals surface area contributed by atoms with E-state index >= 15 is 0 Å². The summed E-state index contributed by atoms with van der Waals surface area (Å²) in [4.78, 5) is 27.7. The van der Waals surface area contributed by atoms with Gasteiger partial charge in [0.25, 0.3) is 0 Å². The quantitative estimate of drug-likeness (QED) is 0.802. The molecule has 4 N–H and O–H groups in total. The van der Waals surface area contributed by atoms with E-state index in [2.05, 4.69) is 10.3 Å². The van der Waals surface area contributed by atoms with Gasteiger partial charge in [-0.25, -0.2) is 4.98 Å². The van der Waals surface area contributed by atoms with E-state index in [0.29, 0.717) is 28.5 Å². The van der Waals surface area contributed by atoms with Crippen molar-refractivity contribution in [3.05, 3.63) is 40.4 Å². The number of carboxylic acids is 1. The molecular weight excluding hydrogens is 290 g/mol. The molecule has 108 valence electrons. The average Bonchev–Trinajstić information content (AvgIpc) is 2.98. The van der Waals surface area contributed by atoms with Crippen molar-refractivity contribution in [3.8, 4) is 0 Å². The summed E-state index contributed by atoms with van der Waals surface area (Å²) in [5.41, 5.74) is 7.00. The number of nitrogens with two attached hydrogens (primary N) is 1. The molecular formula is C14H13N3O3S. The van der Waals surface area contributed by atoms with Crippen LogP contribution in [-0.4, -0.2) is 22.0 Å². The van der Waals surface area contributed by atoms with Crippen molar-refractivity contribution >= 4 is 34.0 Å². The van der Waals surface area contributed by atoms with Crippen LogP contribution in [0.2, 0.25) is 0 Å². The average molecular weight is 303 g/mol. The third-order valence-electron chi connectivity index (χ3n) is 3.41. The SMILES string of the molecule is NC(=O)c1cccc(Nc2nc3c(s2)CCC3C(=O)O)c1. The second-order valence-corrected chi connectivity index (χ2v) is 5.91. The van der Waals surface area contributed by atoms with Gasteiger partial charge in [0.2, 0.25) is 5.91 Å². The van der Waals surface area contributed by atoms with E-state index in [9.17, 15) is 9.59 Å². The van der Waals surface area contributed by atoms with Gasteiger partial charge in [-0.05, 0) is 31.0 Å². The number of anilines is 2. The zero-order valence-electron chi connectivity index (χ0n) is 11.0. The van der Waals surface area contributed by atoms with E-state index in [1.54, 1.807) is 24.3 Å². The Morgan fingerprint density at radius 1 is 1.43 bits per heavy atom. The Morgan fingerprint density at radius 2 is 2.24 bits per heavy atom. The first kappa shape index (κ1) is 13.6. The molecule has 1 aliphatic carbocycles. The molecule has 1 aromatic carbocycles. The Hall–Kier alpha value is -2.41. The topological polar surface area (TPSA) is 105 Å². The van der Waals surface area contributed by atoms with Gasteiger partial charge in [-0.3, -0.25) is 9.59 Å². The van der Waals surface area contributed by atoms with Crippen LogP contribution in [0.4, 0.5) is 10.8 Å². The molecule has 0 aliphatic heterocycles. The Labute approximate surface area is 124 Å². The lowest BCUT2D eigenvalue weighted by atomic mass is 10.1. The third-order valence-corrected chi connectivity index (χ3v) is 4.46. The molecule has 0 saturated heterocycles. The highest BCUT2D eigenvalue weighted by Gasteiger charge is 2.32. The van der Waals surface area contributed by atoms with Crippen LogP contribution in [-0.2, 0) is 11.2 Å². The monoisotopic (exact) mass is 303 g/mol. The number of fused-ring (bicyclic) bond motifs is 1. The van der Waals surface area contributed by atoms with E-state index in [1.807, 2.05) is 0 Å². The summed E-state index contributed by atoms with van der Waals surface area (Å²) in [7, 11) is 0. The van der Waals surface area contributed by atoms with E-state index in [4.69, 9.17) is 10.8 Å². The zero-order chi connectivity index (χ0) is 15.0. The smallest absolute Gasteiger partial charge is 0.312 e. The summed E-state index contributed by atoms with van der Waals surface area (Å²) in [5, 5.41) is 12.9. The number of nitrogens with one attached hydrogen (secondary N) is 1. The fourth-order valence-electron chi connectivity index (χ4n) is 2.39. The highest BCUT2D eigenvalue weighted by atomic mass is 32.1. The second kappa shape index (κ2) is 5.17. The number of carbonyl (C=O) groups excluding carboxylic acids is 1. The Bertz CT molecular complexity index is 726. The van der Waals surface area contributed by atoms with Crippen LogP contribution in [0.5, 0.6) is 0 Å². The van der Waals surface area contributed by atoms with Crippen molar-refractivity contribution in [2.24, 2.45) is 5.73 Å². The van der Waals surface area contributed by atoms with Gasteiger partial charge in [-0.1, -0.05) is 6.07 Å². The van der Waals surface area contributed by atoms with Crippen LogP contribution in [0, 0.1) is 0 Å². The molecule has 1 amide bonds. The van der Waals surface area contributed by atoms with Gasteiger partial charge in [0, 0.05) is 16.1 Å². The number of primary amides is 1. The fourth-order valence-corrected chi connectivity index (χ4v) is 3.45. The molecule has 6 nitrogen and oxygen atoms in total. The van der Waals surface area contributed by atoms with Gasteiger partial charge in [0.15, 0.2) is 5.13 Å². The van der Waals surface area contributed by atoms with Crippen LogP contribution in [0.3, 0.4) is 0 Å². The molecule has 0 spiro atoms. The lowest BCUT2D eigenvalue weighted by Crippen LogP contribution is -2.11. The molecule has 7 heteroatoms. The van der Waals surface area contributed by atoms with E-state index in [-0.39, 0.29) is 0 Å². The number of thiazole rings is 1. The van der Waals surface area contributed by atoms with Gasteiger partial charge in [0.1, 0.15) is 5.92 Å². The minimum absolute atomic E-state index is 0.410. The highest BCUT2D eigenvalue weighted by Crippen LogP contribution is 2.39. The molecule has 1 aromatic heterocycles. The largest absolute Gasteiger partial charge is 0.481 e. The van der Waals surface area contributed by atoms with Crippen molar-refractivity contribution in [2.45, 2.75) is 18.8 Å². The molecule has 1 aliphatic rings. The predicted octanol–water partition coefficient (Wildman–Crippen LogP) is 2.10. The molecule has 1 atom stereocenters. The molecule has 0 bridgehead atoms. The van der Waals surface area contributed by atoms with Crippen molar-refractivity contribution in [3.63, 3.8) is 0 Å². The van der Waals surface area contributed by atoms with E-state index in [1.165, 1.54) is 11.3 Å². The summed E-state index contributed by atoms with van der Waals surface area (Å²) in [5.74, 6) is -1.84. The molecule has 1 unspecified atom stereocenters. The van der Waals surface area contributed by atoms with Crippen molar-refractivity contribution in [1.29, 1.82) is 0 Å². The number of hydrogen-bond donors (Lipinski definition) is 3. The lowest BCUT2D eigenvalue weighted by molar-refractivity contribution is -0.138. The van der Waals surface area contributed by atoms with Crippen molar-refractivity contribution in [2.75, 3.05) is 5.32 Å². The number of carboxylic acid groups (broad SMARTS) is 1. The number of aliphatic carboxylic acids is 1. The number of benzene rings is 1. The number of carbonyl (C=O) groups is 2. The maximum Gasteiger partial charge on any atom is 0.312 e. The van der Waals surface area contributed by atoms with Crippen molar-refractivity contribution in [1.82, 2.24) is 4.98 Å². The standard InChI is InChI=1S/C14H13N3O3S/c15-12(18)7-2-1-3-8(6-7)16-14-17-11-9(13(19)20)4-5-10(11)21-14/h1-3,6,9H,4-5H2,(H2,15,18)(H,16,17)(H,19,20). The molecule has 2 aromatic rings. The molecule has 1 heterocycles. The molecule has 21 heavy (non-hydrogen) atoms. The Balaban J connectivity index is 1.84. The number of hydrogen-bond acceptors (Lipinski definition) is 5. The van der Waals surface area contributed by atoms with Crippen LogP contribution < -0.4 is 11.1 Å². The normalized spacial score (nSPS) is 16.5. The highest BCUT2D eigenvalue weighted by molar-refractivity contribution is 7.15. The number of aromatic nitrogens is 1. The lowest BCUT2D eigenvalue weighted by Gasteiger charge is -2.05. The third kappa shape index (κ3) is 2.59. The van der Waals surface area contributed by atoms with Crippen LogP contribution >= 0.6 is 11.3 Å². The first-order valence-corrected chi connectivity index (χ1v) is 7.25. The molecule has 0 saturated carbocycles. The predicted molar refractivity (Wildman–Crippen MR) is 79.1 cm³/mol. The van der Waals surface area contributed by atoms with Crippen molar-refractivity contribution < 1.29 is 14.7 Å². The second-order valence-electron chi connectivity index (χ2n) is 4.83. The summed E-state index contributed by atoms with van der Waals surface area (Å²) in [6.07, 6.45) is 1.36. The Kier molecular flexibility index (Phi) is 3.34. The molecule has 0 fully saturated rings. The minimum Gasteiger partial charge on any atom is -0.481 e. The summed E-state index contributed by atoms with van der Waals surface area (Å²) >= 11 is 1.45. The first-order valence-electron chi connectivity index (χ1n) is 6.44. The first-order chi connectivity index (χ1) is 10.0. The van der Waals surface area contributed by atoms with Crippen LogP contribution in [0.15, 0.2) is 24.3 Å². The maximum atomic E-state index is 11.2. The van der Waals surface area contributed by atoms with Gasteiger partial charge >= 0.3 is 5.97 Å². The number of aryl methyl sites for hydroxylation is 1. The fraction of sp³-hybridized carbons (Fsp3) is 0.214. The number of nitrogens with zero attached hydrogens (tertiary/aromatic N) is 1. The van der Waals surface area contributed by atoms with Crippen LogP contribution in [0.25, 0.3) is 0 Å². The van der Waals surface area contributed by atoms with E-state index in [0.717, 1.165) is 11.3 Å². The Morgan fingerprint density at radius 3 is 2.95 bits per heavy atom. The summed E-state index contributed by atoms with van der Waals surface area (Å²) in [6.45, 7) is 0. The summed E-state index contributed by atoms with van der Waals surface area (Å²) < 4.78 is 0.